The Labute approximate surface area is 96.1 Å². The number of rotatable bonds is 2. The van der Waals surface area contributed by atoms with Gasteiger partial charge in [0.05, 0.1) is 24.1 Å². The van der Waals surface area contributed by atoms with Gasteiger partial charge < -0.3 is 10.2 Å². The summed E-state index contributed by atoms with van der Waals surface area (Å²) in [6.07, 6.45) is 8.81. The smallest absolute Gasteiger partial charge is 0.147 e. The molecule has 1 aromatic heterocycles. The average Bonchev–Trinajstić information content (AvgIpc) is 3.03. The van der Waals surface area contributed by atoms with E-state index in [-0.39, 0.29) is 0 Å². The molecule has 2 fully saturated rings. The van der Waals surface area contributed by atoms with E-state index in [0.717, 1.165) is 31.1 Å². The number of nitrogens with zero attached hydrogens (tertiary/aromatic N) is 3. The van der Waals surface area contributed by atoms with Gasteiger partial charge in [0.25, 0.3) is 0 Å². The number of hydrogen-bond acceptors (Lipinski definition) is 4. The summed E-state index contributed by atoms with van der Waals surface area (Å²) in [5.74, 6) is 1.06. The Balaban J connectivity index is 1.81. The molecule has 0 unspecified atom stereocenters. The zero-order valence-corrected chi connectivity index (χ0v) is 9.52. The van der Waals surface area contributed by atoms with Crippen molar-refractivity contribution >= 4 is 5.82 Å². The van der Waals surface area contributed by atoms with Crippen LogP contribution in [-0.2, 0) is 0 Å². The van der Waals surface area contributed by atoms with Crippen LogP contribution in [0.3, 0.4) is 0 Å². The van der Waals surface area contributed by atoms with Crippen LogP contribution in [-0.4, -0.2) is 29.6 Å². The van der Waals surface area contributed by atoms with Crippen molar-refractivity contribution in [3.63, 3.8) is 0 Å². The van der Waals surface area contributed by atoms with Gasteiger partial charge in [-0.1, -0.05) is 0 Å². The van der Waals surface area contributed by atoms with Crippen LogP contribution in [0.25, 0.3) is 0 Å². The second kappa shape index (κ2) is 4.37. The monoisotopic (exact) mass is 218 g/mol. The van der Waals surface area contributed by atoms with E-state index in [1.165, 1.54) is 25.7 Å². The highest BCUT2D eigenvalue weighted by Crippen LogP contribution is 2.23. The third kappa shape index (κ3) is 1.89. The average molecular weight is 218 g/mol. The lowest BCUT2D eigenvalue weighted by molar-refractivity contribution is 0.623. The molecule has 0 aromatic carbocycles. The summed E-state index contributed by atoms with van der Waals surface area (Å²) in [7, 11) is 0. The first kappa shape index (κ1) is 10.0. The molecule has 1 atom stereocenters. The normalized spacial score (nSPS) is 25.2. The molecule has 0 saturated carbocycles. The predicted octanol–water partition coefficient (Wildman–Crippen LogP) is 1.50. The molecular weight excluding hydrogens is 200 g/mol. The lowest BCUT2D eigenvalue weighted by atomic mass is 10.2. The molecular formula is C12H18N4. The minimum absolute atomic E-state index is 0.426. The Kier molecular flexibility index (Phi) is 2.74. The summed E-state index contributed by atoms with van der Waals surface area (Å²) in [6, 6.07) is 0.426. The Morgan fingerprint density at radius 3 is 2.81 bits per heavy atom. The maximum Gasteiger partial charge on any atom is 0.147 e. The van der Waals surface area contributed by atoms with Gasteiger partial charge in [-0.3, -0.25) is 4.98 Å². The minimum atomic E-state index is 0.426. The summed E-state index contributed by atoms with van der Waals surface area (Å²) in [5, 5.41) is 3.47. The lowest BCUT2D eigenvalue weighted by Crippen LogP contribution is -2.21. The van der Waals surface area contributed by atoms with Crippen molar-refractivity contribution in [3.8, 4) is 0 Å². The van der Waals surface area contributed by atoms with Gasteiger partial charge in [-0.05, 0) is 32.2 Å². The maximum atomic E-state index is 4.74. The van der Waals surface area contributed by atoms with E-state index in [1.54, 1.807) is 0 Å². The van der Waals surface area contributed by atoms with Gasteiger partial charge in [0, 0.05) is 13.1 Å². The van der Waals surface area contributed by atoms with Crippen molar-refractivity contribution < 1.29 is 0 Å². The summed E-state index contributed by atoms with van der Waals surface area (Å²) >= 11 is 0. The molecule has 16 heavy (non-hydrogen) atoms. The third-order valence-electron chi connectivity index (χ3n) is 3.49. The first-order chi connectivity index (χ1) is 7.93. The molecule has 0 radical (unpaired) electrons. The standard InChI is InChI=1S/C12H18N4/c1-2-7-16(6-1)12-9-13-8-11(15-12)10-4-3-5-14-10/h8-10,14H,1-7H2/t10-/m1/s1. The molecule has 2 saturated heterocycles. The van der Waals surface area contributed by atoms with Gasteiger partial charge in [-0.25, -0.2) is 4.98 Å². The van der Waals surface area contributed by atoms with Crippen LogP contribution >= 0.6 is 0 Å². The van der Waals surface area contributed by atoms with E-state index >= 15 is 0 Å². The van der Waals surface area contributed by atoms with Crippen molar-refractivity contribution in [1.82, 2.24) is 15.3 Å². The Morgan fingerprint density at radius 2 is 2.06 bits per heavy atom. The largest absolute Gasteiger partial charge is 0.355 e. The van der Waals surface area contributed by atoms with Crippen LogP contribution in [0.5, 0.6) is 0 Å². The first-order valence-corrected chi connectivity index (χ1v) is 6.24. The summed E-state index contributed by atoms with van der Waals surface area (Å²) in [5.41, 5.74) is 1.11. The number of hydrogen-bond donors (Lipinski definition) is 1. The van der Waals surface area contributed by atoms with Gasteiger partial charge in [0.15, 0.2) is 0 Å². The molecule has 3 rings (SSSR count). The van der Waals surface area contributed by atoms with Crippen molar-refractivity contribution in [1.29, 1.82) is 0 Å². The summed E-state index contributed by atoms with van der Waals surface area (Å²) in [4.78, 5) is 11.4. The SMILES string of the molecule is c1ncc(N2CCCC2)nc1[C@H]1CCCN1. The molecule has 1 aromatic rings. The van der Waals surface area contributed by atoms with E-state index in [9.17, 15) is 0 Å². The topological polar surface area (TPSA) is 41.1 Å². The Hall–Kier alpha value is -1.16. The van der Waals surface area contributed by atoms with Crippen molar-refractivity contribution in [2.75, 3.05) is 24.5 Å². The Morgan fingerprint density at radius 1 is 1.19 bits per heavy atom. The Bertz CT molecular complexity index is 323. The van der Waals surface area contributed by atoms with E-state index in [2.05, 4.69) is 15.2 Å². The van der Waals surface area contributed by atoms with Gasteiger partial charge in [0.2, 0.25) is 0 Å². The first-order valence-electron chi connectivity index (χ1n) is 6.24. The zero-order valence-electron chi connectivity index (χ0n) is 9.52. The van der Waals surface area contributed by atoms with Crippen LogP contribution in [0.2, 0.25) is 0 Å². The fourth-order valence-corrected chi connectivity index (χ4v) is 2.57. The quantitative estimate of drug-likeness (QED) is 0.816. The number of anilines is 1. The molecule has 0 amide bonds. The molecule has 0 aliphatic carbocycles. The maximum absolute atomic E-state index is 4.74. The number of aromatic nitrogens is 2. The fourth-order valence-electron chi connectivity index (χ4n) is 2.57. The van der Waals surface area contributed by atoms with Gasteiger partial charge in [-0.15, -0.1) is 0 Å². The van der Waals surface area contributed by atoms with E-state index in [0.29, 0.717) is 6.04 Å². The van der Waals surface area contributed by atoms with Crippen LogP contribution in [0, 0.1) is 0 Å². The second-order valence-corrected chi connectivity index (χ2v) is 4.65. The zero-order chi connectivity index (χ0) is 10.8. The van der Waals surface area contributed by atoms with Crippen LogP contribution in [0.15, 0.2) is 12.4 Å². The molecule has 0 bridgehead atoms. The van der Waals surface area contributed by atoms with Crippen LogP contribution in [0.4, 0.5) is 5.82 Å². The highest BCUT2D eigenvalue weighted by atomic mass is 15.2. The van der Waals surface area contributed by atoms with Crippen LogP contribution in [0.1, 0.15) is 37.4 Å². The van der Waals surface area contributed by atoms with Crippen molar-refractivity contribution in [2.24, 2.45) is 0 Å². The minimum Gasteiger partial charge on any atom is -0.355 e. The lowest BCUT2D eigenvalue weighted by Gasteiger charge is -2.17. The van der Waals surface area contributed by atoms with Crippen LogP contribution < -0.4 is 10.2 Å². The fraction of sp³-hybridized carbons (Fsp3) is 0.667. The van der Waals surface area contributed by atoms with Crippen molar-refractivity contribution in [2.45, 2.75) is 31.7 Å². The van der Waals surface area contributed by atoms with Gasteiger partial charge in [0.1, 0.15) is 5.82 Å². The molecule has 4 heteroatoms. The van der Waals surface area contributed by atoms with E-state index in [1.807, 2.05) is 12.4 Å². The molecule has 1 N–H and O–H groups in total. The molecule has 0 spiro atoms. The van der Waals surface area contributed by atoms with Gasteiger partial charge >= 0.3 is 0 Å². The van der Waals surface area contributed by atoms with E-state index in [4.69, 9.17) is 4.98 Å². The summed E-state index contributed by atoms with van der Waals surface area (Å²) in [6.45, 7) is 3.38. The molecule has 2 aliphatic heterocycles. The highest BCUT2D eigenvalue weighted by Gasteiger charge is 2.20. The summed E-state index contributed by atoms with van der Waals surface area (Å²) < 4.78 is 0. The molecule has 2 aliphatic rings. The molecule has 3 heterocycles. The van der Waals surface area contributed by atoms with Gasteiger partial charge in [-0.2, -0.15) is 0 Å². The second-order valence-electron chi connectivity index (χ2n) is 4.65. The predicted molar refractivity (Wildman–Crippen MR) is 63.5 cm³/mol. The van der Waals surface area contributed by atoms with E-state index < -0.39 is 0 Å². The van der Waals surface area contributed by atoms with Crippen molar-refractivity contribution in [3.05, 3.63) is 18.1 Å². The molecule has 86 valence electrons. The third-order valence-corrected chi connectivity index (χ3v) is 3.49. The number of nitrogens with one attached hydrogen (secondary N) is 1. The molecule has 4 nitrogen and oxygen atoms in total. The highest BCUT2D eigenvalue weighted by molar-refractivity contribution is 5.37.